The number of ketones is 1. The number of hydrogen-bond acceptors (Lipinski definition) is 3. The van der Waals surface area contributed by atoms with E-state index in [0.29, 0.717) is 4.90 Å². The highest BCUT2D eigenvalue weighted by Crippen LogP contribution is 2.27. The first-order chi connectivity index (χ1) is 9.91. The Labute approximate surface area is 127 Å². The van der Waals surface area contributed by atoms with Crippen LogP contribution in [0.4, 0.5) is 0 Å². The Morgan fingerprint density at radius 3 is 2.29 bits per heavy atom. The van der Waals surface area contributed by atoms with Crippen molar-refractivity contribution in [3.8, 4) is 0 Å². The number of Topliss-reactive ketones (excluding diaryl/α,β-unsaturated/α-hetero) is 1. The van der Waals surface area contributed by atoms with Gasteiger partial charge in [-0.25, -0.2) is 8.42 Å². The van der Waals surface area contributed by atoms with Gasteiger partial charge in [0.05, 0.1) is 10.1 Å². The van der Waals surface area contributed by atoms with Gasteiger partial charge >= 0.3 is 0 Å². The lowest BCUT2D eigenvalue weighted by Crippen LogP contribution is -2.26. The third kappa shape index (κ3) is 3.94. The Bertz CT molecular complexity index is 581. The van der Waals surface area contributed by atoms with E-state index in [1.807, 2.05) is 6.92 Å². The van der Waals surface area contributed by atoms with Crippen LogP contribution in [-0.2, 0) is 14.6 Å². The fourth-order valence-electron chi connectivity index (χ4n) is 2.94. The van der Waals surface area contributed by atoms with Crippen molar-refractivity contribution in [3.05, 3.63) is 29.8 Å². The zero-order chi connectivity index (χ0) is 15.5. The van der Waals surface area contributed by atoms with Crippen molar-refractivity contribution in [2.75, 3.05) is 0 Å². The summed E-state index contributed by atoms with van der Waals surface area (Å²) in [6.07, 6.45) is 5.37. The molecule has 0 spiro atoms. The van der Waals surface area contributed by atoms with Crippen molar-refractivity contribution in [3.63, 3.8) is 0 Å². The molecule has 116 valence electrons. The van der Waals surface area contributed by atoms with Crippen molar-refractivity contribution < 1.29 is 13.2 Å². The Morgan fingerprint density at radius 2 is 1.71 bits per heavy atom. The molecule has 3 nitrogen and oxygen atoms in total. The largest absolute Gasteiger partial charge is 0.299 e. The van der Waals surface area contributed by atoms with Gasteiger partial charge < -0.3 is 0 Å². The Kier molecular flexibility index (Phi) is 5.20. The summed E-state index contributed by atoms with van der Waals surface area (Å²) < 4.78 is 25.0. The lowest BCUT2D eigenvalue weighted by Gasteiger charge is -2.22. The summed E-state index contributed by atoms with van der Waals surface area (Å²) in [7, 11) is -3.41. The molecule has 0 bridgehead atoms. The molecule has 4 heteroatoms. The second-order valence-electron chi connectivity index (χ2n) is 6.17. The zero-order valence-corrected chi connectivity index (χ0v) is 13.7. The molecule has 0 amide bonds. The maximum absolute atomic E-state index is 12.5. The first-order valence-electron chi connectivity index (χ1n) is 7.74. The van der Waals surface area contributed by atoms with E-state index in [2.05, 4.69) is 0 Å². The highest BCUT2D eigenvalue weighted by Gasteiger charge is 2.29. The predicted molar refractivity (Wildman–Crippen MR) is 84.0 cm³/mol. The van der Waals surface area contributed by atoms with Gasteiger partial charge in [0.2, 0.25) is 0 Å². The molecule has 0 aliphatic heterocycles. The molecule has 0 aromatic heterocycles. The first kappa shape index (κ1) is 16.2. The van der Waals surface area contributed by atoms with Crippen LogP contribution in [0.2, 0.25) is 0 Å². The summed E-state index contributed by atoms with van der Waals surface area (Å²) in [5.74, 6) is 0.201. The van der Waals surface area contributed by atoms with Crippen LogP contribution in [0.3, 0.4) is 0 Å². The summed E-state index contributed by atoms with van der Waals surface area (Å²) in [5.41, 5.74) is 1.03. The molecule has 0 N–H and O–H groups in total. The van der Waals surface area contributed by atoms with E-state index in [9.17, 15) is 13.2 Å². The van der Waals surface area contributed by atoms with Gasteiger partial charge in [-0.15, -0.1) is 0 Å². The van der Waals surface area contributed by atoms with Gasteiger partial charge in [0.25, 0.3) is 0 Å². The number of benzene rings is 1. The summed E-state index contributed by atoms with van der Waals surface area (Å²) in [4.78, 5) is 12.6. The highest BCUT2D eigenvalue weighted by atomic mass is 32.2. The third-order valence-corrected chi connectivity index (χ3v) is 6.58. The smallest absolute Gasteiger partial charge is 0.181 e. The van der Waals surface area contributed by atoms with Crippen LogP contribution in [0.15, 0.2) is 29.2 Å². The number of hydrogen-bond donors (Lipinski definition) is 0. The number of carbonyl (C=O) groups is 1. The average Bonchev–Trinajstić information content (AvgIpc) is 2.48. The van der Waals surface area contributed by atoms with Gasteiger partial charge in [0.15, 0.2) is 9.84 Å². The minimum Gasteiger partial charge on any atom is -0.299 e. The number of sulfone groups is 1. The van der Waals surface area contributed by atoms with Crippen LogP contribution in [0, 0.1) is 12.8 Å². The SMILES string of the molecule is Cc1ccc(S(=O)(=O)C(C)CC(=O)C2CCCCC2)cc1. The van der Waals surface area contributed by atoms with Gasteiger partial charge in [-0.05, 0) is 38.8 Å². The summed E-state index contributed by atoms with van der Waals surface area (Å²) >= 11 is 0. The highest BCUT2D eigenvalue weighted by molar-refractivity contribution is 7.92. The molecule has 1 aliphatic carbocycles. The zero-order valence-electron chi connectivity index (χ0n) is 12.8. The second-order valence-corrected chi connectivity index (χ2v) is 8.54. The quantitative estimate of drug-likeness (QED) is 0.833. The summed E-state index contributed by atoms with van der Waals surface area (Å²) in [6.45, 7) is 3.57. The van der Waals surface area contributed by atoms with E-state index in [-0.39, 0.29) is 18.1 Å². The minimum atomic E-state index is -3.41. The van der Waals surface area contributed by atoms with E-state index in [0.717, 1.165) is 31.2 Å². The van der Waals surface area contributed by atoms with Crippen LogP contribution >= 0.6 is 0 Å². The van der Waals surface area contributed by atoms with E-state index in [1.54, 1.807) is 31.2 Å². The molecular formula is C17H24O3S. The minimum absolute atomic E-state index is 0.0782. The molecule has 1 unspecified atom stereocenters. The van der Waals surface area contributed by atoms with Gasteiger partial charge in [0.1, 0.15) is 5.78 Å². The average molecular weight is 308 g/mol. The molecular weight excluding hydrogens is 284 g/mol. The Balaban J connectivity index is 2.06. The van der Waals surface area contributed by atoms with Crippen LogP contribution in [0.1, 0.15) is 51.0 Å². The number of aryl methyl sites for hydroxylation is 1. The molecule has 1 aromatic rings. The van der Waals surface area contributed by atoms with Gasteiger partial charge in [-0.2, -0.15) is 0 Å². The molecule has 1 aromatic carbocycles. The van der Waals surface area contributed by atoms with E-state index >= 15 is 0 Å². The summed E-state index contributed by atoms with van der Waals surface area (Å²) in [5, 5.41) is -0.644. The lowest BCUT2D eigenvalue weighted by molar-refractivity contribution is -0.123. The van der Waals surface area contributed by atoms with Crippen LogP contribution in [0.5, 0.6) is 0 Å². The molecule has 21 heavy (non-hydrogen) atoms. The van der Waals surface area contributed by atoms with Crippen molar-refractivity contribution in [2.24, 2.45) is 5.92 Å². The van der Waals surface area contributed by atoms with Crippen molar-refractivity contribution in [1.29, 1.82) is 0 Å². The Hall–Kier alpha value is -1.16. The number of rotatable bonds is 5. The van der Waals surface area contributed by atoms with Crippen molar-refractivity contribution in [2.45, 2.75) is 62.5 Å². The normalized spacial score (nSPS) is 18.4. The van der Waals surface area contributed by atoms with Gasteiger partial charge in [-0.1, -0.05) is 37.0 Å². The van der Waals surface area contributed by atoms with Crippen LogP contribution < -0.4 is 0 Å². The molecule has 2 rings (SSSR count). The standard InChI is InChI=1S/C17H24O3S/c1-13-8-10-16(11-9-13)21(19,20)14(2)12-17(18)15-6-4-3-5-7-15/h8-11,14-15H,3-7,12H2,1-2H3. The van der Waals surface area contributed by atoms with E-state index in [1.165, 1.54) is 6.42 Å². The van der Waals surface area contributed by atoms with Crippen molar-refractivity contribution >= 4 is 15.6 Å². The molecule has 1 atom stereocenters. The fourth-order valence-corrected chi connectivity index (χ4v) is 4.31. The Morgan fingerprint density at radius 1 is 1.14 bits per heavy atom. The molecule has 1 aliphatic rings. The molecule has 1 saturated carbocycles. The second kappa shape index (κ2) is 6.73. The van der Waals surface area contributed by atoms with Crippen LogP contribution in [-0.4, -0.2) is 19.5 Å². The third-order valence-electron chi connectivity index (χ3n) is 4.43. The number of carbonyl (C=O) groups excluding carboxylic acids is 1. The summed E-state index contributed by atoms with van der Waals surface area (Å²) in [6, 6.07) is 6.85. The topological polar surface area (TPSA) is 51.2 Å². The van der Waals surface area contributed by atoms with Crippen LogP contribution in [0.25, 0.3) is 0 Å². The molecule has 0 heterocycles. The monoisotopic (exact) mass is 308 g/mol. The van der Waals surface area contributed by atoms with E-state index in [4.69, 9.17) is 0 Å². The predicted octanol–water partition coefficient (Wildman–Crippen LogP) is 3.70. The molecule has 1 fully saturated rings. The molecule has 0 radical (unpaired) electrons. The van der Waals surface area contributed by atoms with Gasteiger partial charge in [0, 0.05) is 12.3 Å². The molecule has 0 saturated heterocycles. The van der Waals surface area contributed by atoms with Crippen molar-refractivity contribution in [1.82, 2.24) is 0 Å². The maximum Gasteiger partial charge on any atom is 0.181 e. The first-order valence-corrected chi connectivity index (χ1v) is 9.29. The lowest BCUT2D eigenvalue weighted by atomic mass is 9.85. The maximum atomic E-state index is 12.5. The van der Waals surface area contributed by atoms with Gasteiger partial charge in [-0.3, -0.25) is 4.79 Å². The fraction of sp³-hybridized carbons (Fsp3) is 0.588. The van der Waals surface area contributed by atoms with E-state index < -0.39 is 15.1 Å².